The number of carboxylic acids is 1. The van der Waals surface area contributed by atoms with Crippen molar-refractivity contribution in [1.29, 1.82) is 0 Å². The first-order valence-corrected chi connectivity index (χ1v) is 11.7. The molecule has 37 heavy (non-hydrogen) atoms. The Bertz CT molecular complexity index is 1610. The molecule has 1 unspecified atom stereocenters. The van der Waals surface area contributed by atoms with Crippen molar-refractivity contribution in [3.8, 4) is 5.69 Å². The number of halogens is 4. The monoisotopic (exact) mass is 528 g/mol. The lowest BCUT2D eigenvalue weighted by molar-refractivity contribution is 0.0695. The second-order valence-corrected chi connectivity index (χ2v) is 9.16. The van der Waals surface area contributed by atoms with E-state index in [0.717, 1.165) is 29.0 Å². The summed E-state index contributed by atoms with van der Waals surface area (Å²) in [4.78, 5) is 32.7. The molecule has 11 heteroatoms. The van der Waals surface area contributed by atoms with Crippen LogP contribution in [0.15, 0.2) is 59.5 Å². The van der Waals surface area contributed by atoms with Crippen molar-refractivity contribution in [2.24, 2.45) is 0 Å². The molecule has 0 radical (unpaired) electrons. The Balaban J connectivity index is 1.61. The normalized spacial score (nSPS) is 15.9. The van der Waals surface area contributed by atoms with E-state index in [1.165, 1.54) is 6.07 Å². The van der Waals surface area contributed by atoms with E-state index in [1.54, 1.807) is 17.0 Å². The third-order valence-corrected chi connectivity index (χ3v) is 6.65. The van der Waals surface area contributed by atoms with Crippen LogP contribution in [0.5, 0.6) is 0 Å². The number of carboxylic acid groups (broad SMARTS) is 1. The Labute approximate surface area is 213 Å². The van der Waals surface area contributed by atoms with E-state index in [2.05, 4.69) is 4.98 Å². The van der Waals surface area contributed by atoms with Crippen LogP contribution in [0.3, 0.4) is 0 Å². The maximum atomic E-state index is 15.4. The summed E-state index contributed by atoms with van der Waals surface area (Å²) in [5.41, 5.74) is -1.51. The first kappa shape index (κ1) is 24.6. The van der Waals surface area contributed by atoms with E-state index in [4.69, 9.17) is 11.6 Å². The van der Waals surface area contributed by atoms with Crippen molar-refractivity contribution in [3.05, 3.63) is 93.1 Å². The zero-order valence-electron chi connectivity index (χ0n) is 19.5. The molecule has 2 aromatic carbocycles. The van der Waals surface area contributed by atoms with Gasteiger partial charge in [0.15, 0.2) is 0 Å². The number of hydrogen-bond donors (Lipinski definition) is 1. The Morgan fingerprint density at radius 2 is 1.81 bits per heavy atom. The van der Waals surface area contributed by atoms with Crippen LogP contribution in [0, 0.1) is 17.5 Å². The minimum atomic E-state index is -1.55. The van der Waals surface area contributed by atoms with Crippen molar-refractivity contribution >= 4 is 40.0 Å². The maximum Gasteiger partial charge on any atom is 0.341 e. The summed E-state index contributed by atoms with van der Waals surface area (Å²) < 4.78 is 44.8. The van der Waals surface area contributed by atoms with Crippen molar-refractivity contribution in [2.75, 3.05) is 29.4 Å². The first-order chi connectivity index (χ1) is 17.6. The minimum absolute atomic E-state index is 0.0825. The molecule has 1 saturated heterocycles. The summed E-state index contributed by atoms with van der Waals surface area (Å²) in [6.07, 6.45) is 0.969. The molecular formula is C26H20ClF3N4O3. The number of anilines is 2. The molecule has 1 N–H and O–H groups in total. The van der Waals surface area contributed by atoms with Gasteiger partial charge in [-0.15, -0.1) is 0 Å². The number of hydrogen-bond acceptors (Lipinski definition) is 5. The van der Waals surface area contributed by atoms with Gasteiger partial charge in [-0.2, -0.15) is 0 Å². The lowest BCUT2D eigenvalue weighted by Crippen LogP contribution is -2.52. The SMILES string of the molecule is CC1CN(c2cc3c(cc2F)c(=O)c(C(=O)O)cn3-c2ccc(F)cc2F)CCN1c1cccc(Cl)n1. The summed E-state index contributed by atoms with van der Waals surface area (Å²) in [5, 5.41) is 9.64. The fourth-order valence-corrected chi connectivity index (χ4v) is 4.84. The highest BCUT2D eigenvalue weighted by Crippen LogP contribution is 2.30. The van der Waals surface area contributed by atoms with Crippen molar-refractivity contribution in [1.82, 2.24) is 9.55 Å². The standard InChI is InChI=1S/C26H20ClF3N4O3/c1-14-12-32(7-8-33(14)24-4-2-3-23(27)31-24)22-11-21-16(10-19(22)30)25(35)17(26(36)37)13-34(21)20-6-5-15(28)9-18(20)29/h2-6,9-11,13-14H,7-8,12H2,1H3,(H,36,37). The van der Waals surface area contributed by atoms with Crippen LogP contribution in [0.1, 0.15) is 17.3 Å². The van der Waals surface area contributed by atoms with Crippen LogP contribution in [0.4, 0.5) is 24.7 Å². The van der Waals surface area contributed by atoms with Gasteiger partial charge in [0.25, 0.3) is 0 Å². The second kappa shape index (κ2) is 9.44. The molecule has 0 amide bonds. The fraction of sp³-hybridized carbons (Fsp3) is 0.192. The molecule has 1 atom stereocenters. The highest BCUT2D eigenvalue weighted by atomic mass is 35.5. The van der Waals surface area contributed by atoms with Crippen LogP contribution in [-0.2, 0) is 0 Å². The third-order valence-electron chi connectivity index (χ3n) is 6.43. The molecule has 4 aromatic rings. The molecule has 0 bridgehead atoms. The highest BCUT2D eigenvalue weighted by Gasteiger charge is 2.28. The summed E-state index contributed by atoms with van der Waals surface area (Å²) in [5.74, 6) is -3.37. The summed E-state index contributed by atoms with van der Waals surface area (Å²) in [6, 6.07) is 10.4. The van der Waals surface area contributed by atoms with Gasteiger partial charge in [-0.3, -0.25) is 4.79 Å². The van der Waals surface area contributed by atoms with Gasteiger partial charge in [0.1, 0.15) is 34.0 Å². The first-order valence-electron chi connectivity index (χ1n) is 11.4. The highest BCUT2D eigenvalue weighted by molar-refractivity contribution is 6.29. The average molecular weight is 529 g/mol. The molecule has 0 spiro atoms. The zero-order chi connectivity index (χ0) is 26.4. The Kier molecular flexibility index (Phi) is 6.28. The topological polar surface area (TPSA) is 78.7 Å². The van der Waals surface area contributed by atoms with Gasteiger partial charge in [0.2, 0.25) is 5.43 Å². The Hall–Kier alpha value is -4.05. The number of benzene rings is 2. The van der Waals surface area contributed by atoms with Crippen LogP contribution in [-0.4, -0.2) is 46.3 Å². The number of pyridine rings is 2. The number of nitrogens with zero attached hydrogens (tertiary/aromatic N) is 4. The van der Waals surface area contributed by atoms with E-state index in [-0.39, 0.29) is 28.3 Å². The van der Waals surface area contributed by atoms with Gasteiger partial charge in [0, 0.05) is 43.3 Å². The lowest BCUT2D eigenvalue weighted by Gasteiger charge is -2.41. The molecule has 1 aliphatic rings. The van der Waals surface area contributed by atoms with Crippen LogP contribution in [0.2, 0.25) is 5.15 Å². The largest absolute Gasteiger partial charge is 0.477 e. The van der Waals surface area contributed by atoms with Gasteiger partial charge >= 0.3 is 5.97 Å². The molecule has 5 rings (SSSR count). The summed E-state index contributed by atoms with van der Waals surface area (Å²) in [7, 11) is 0. The van der Waals surface area contributed by atoms with Gasteiger partial charge in [-0.05, 0) is 43.3 Å². The van der Waals surface area contributed by atoms with Gasteiger partial charge in [-0.25, -0.2) is 22.9 Å². The molecular weight excluding hydrogens is 509 g/mol. The van der Waals surface area contributed by atoms with E-state index in [0.29, 0.717) is 36.7 Å². The lowest BCUT2D eigenvalue weighted by atomic mass is 10.1. The van der Waals surface area contributed by atoms with Crippen LogP contribution in [0.25, 0.3) is 16.6 Å². The van der Waals surface area contributed by atoms with Crippen molar-refractivity contribution in [3.63, 3.8) is 0 Å². The predicted molar refractivity (Wildman–Crippen MR) is 135 cm³/mol. The maximum absolute atomic E-state index is 15.4. The van der Waals surface area contributed by atoms with Crippen molar-refractivity contribution < 1.29 is 23.1 Å². The van der Waals surface area contributed by atoms with Crippen LogP contribution < -0.4 is 15.2 Å². The third kappa shape index (κ3) is 4.48. The predicted octanol–water partition coefficient (Wildman–Crippen LogP) is 4.87. The average Bonchev–Trinajstić information content (AvgIpc) is 2.84. The van der Waals surface area contributed by atoms with Gasteiger partial charge in [0.05, 0.1) is 16.9 Å². The minimum Gasteiger partial charge on any atom is -0.477 e. The fourth-order valence-electron chi connectivity index (χ4n) is 4.68. The van der Waals surface area contributed by atoms with Gasteiger partial charge in [-0.1, -0.05) is 17.7 Å². The van der Waals surface area contributed by atoms with E-state index >= 15 is 4.39 Å². The Morgan fingerprint density at radius 1 is 1.05 bits per heavy atom. The number of aromatic carboxylic acids is 1. The molecule has 0 aliphatic carbocycles. The van der Waals surface area contributed by atoms with Crippen LogP contribution >= 0.6 is 11.6 Å². The molecule has 1 fully saturated rings. The van der Waals surface area contributed by atoms with Crippen molar-refractivity contribution in [2.45, 2.75) is 13.0 Å². The second-order valence-electron chi connectivity index (χ2n) is 8.77. The summed E-state index contributed by atoms with van der Waals surface area (Å²) in [6.45, 7) is 3.27. The zero-order valence-corrected chi connectivity index (χ0v) is 20.2. The summed E-state index contributed by atoms with van der Waals surface area (Å²) >= 11 is 6.03. The van der Waals surface area contributed by atoms with E-state index < -0.39 is 34.4 Å². The molecule has 0 saturated carbocycles. The molecule has 2 aromatic heterocycles. The number of rotatable bonds is 4. The smallest absolute Gasteiger partial charge is 0.341 e. The molecule has 190 valence electrons. The molecule has 7 nitrogen and oxygen atoms in total. The van der Waals surface area contributed by atoms with E-state index in [9.17, 15) is 23.5 Å². The molecule has 1 aliphatic heterocycles. The number of aromatic nitrogens is 2. The molecule has 3 heterocycles. The van der Waals surface area contributed by atoms with E-state index in [1.807, 2.05) is 17.9 Å². The number of piperazine rings is 1. The Morgan fingerprint density at radius 3 is 2.49 bits per heavy atom. The quantitative estimate of drug-likeness (QED) is 0.381. The number of carbonyl (C=O) groups is 1. The van der Waals surface area contributed by atoms with Gasteiger partial charge < -0.3 is 19.5 Å². The number of fused-ring (bicyclic) bond motifs is 1.